The first kappa shape index (κ1) is 28.6. The van der Waals surface area contributed by atoms with Crippen molar-refractivity contribution in [3.63, 3.8) is 0 Å². The fourth-order valence-corrected chi connectivity index (χ4v) is 6.46. The molecule has 1 amide bonds. The molecule has 2 aliphatic rings. The molecule has 0 bridgehead atoms. The number of fused-ring (bicyclic) bond motifs is 5. The minimum absolute atomic E-state index is 0. The van der Waals surface area contributed by atoms with Crippen LogP contribution in [0.15, 0.2) is 79.0 Å². The van der Waals surface area contributed by atoms with Crippen LogP contribution in [0.25, 0.3) is 33.0 Å². The SMILES string of the molecule is Cl.Cl.O=C(NCCCCN1CCN(c2nccc3ccccc23)C(I)C1)c1ccc2c(c1)-c1ccccc1-2. The standard InChI is InChI=1S/C30H29IN4O.2ClH/c31-28-20-34(17-18-35(28)29-23-8-2-1-7-21(23)13-15-32-29)16-6-5-14-33-30(36)22-11-12-26-24-9-3-4-10-25(24)27(26)19-22;;/h1-4,7-13,15,19,28H,5-6,14,16-18,20H2,(H,33,36);2*1H. The van der Waals surface area contributed by atoms with Crippen molar-refractivity contribution < 1.29 is 4.79 Å². The zero-order valence-corrected chi connectivity index (χ0v) is 24.8. The van der Waals surface area contributed by atoms with Crippen LogP contribution in [-0.2, 0) is 0 Å². The lowest BCUT2D eigenvalue weighted by atomic mass is 9.80. The molecule has 1 aliphatic heterocycles. The topological polar surface area (TPSA) is 48.5 Å². The summed E-state index contributed by atoms with van der Waals surface area (Å²) in [5.41, 5.74) is 5.69. The largest absolute Gasteiger partial charge is 0.352 e. The lowest BCUT2D eigenvalue weighted by molar-refractivity contribution is 0.0952. The molecule has 0 radical (unpaired) electrons. The Labute approximate surface area is 250 Å². The van der Waals surface area contributed by atoms with Gasteiger partial charge in [-0.25, -0.2) is 4.98 Å². The number of rotatable bonds is 7. The highest BCUT2D eigenvalue weighted by molar-refractivity contribution is 14.1. The Kier molecular flexibility index (Phi) is 9.52. The molecule has 3 aromatic carbocycles. The number of halogens is 3. The first-order chi connectivity index (χ1) is 17.7. The van der Waals surface area contributed by atoms with E-state index in [2.05, 4.69) is 98.4 Å². The Hall–Kier alpha value is -2.39. The van der Waals surface area contributed by atoms with Crippen molar-refractivity contribution >= 4 is 69.9 Å². The van der Waals surface area contributed by atoms with Gasteiger partial charge in [-0.2, -0.15) is 0 Å². The smallest absolute Gasteiger partial charge is 0.251 e. The molecule has 1 aliphatic carbocycles. The normalized spacial score (nSPS) is 15.9. The molecular weight excluding hydrogens is 630 g/mol. The Balaban J connectivity index is 0.00000168. The van der Waals surface area contributed by atoms with E-state index in [0.29, 0.717) is 10.6 Å². The molecule has 1 saturated heterocycles. The molecule has 198 valence electrons. The Morgan fingerprint density at radius 2 is 1.63 bits per heavy atom. The third-order valence-electron chi connectivity index (χ3n) is 7.30. The molecule has 4 aromatic rings. The first-order valence-electron chi connectivity index (χ1n) is 12.7. The summed E-state index contributed by atoms with van der Waals surface area (Å²) in [5, 5.41) is 5.58. The molecule has 5 nitrogen and oxygen atoms in total. The summed E-state index contributed by atoms with van der Waals surface area (Å²) in [6.07, 6.45) is 3.98. The number of unbranched alkanes of at least 4 members (excludes halogenated alkanes) is 1. The number of aromatic nitrogens is 1. The van der Waals surface area contributed by atoms with E-state index in [4.69, 9.17) is 4.98 Å². The van der Waals surface area contributed by atoms with Crippen LogP contribution >= 0.6 is 47.4 Å². The van der Waals surface area contributed by atoms with Gasteiger partial charge in [-0.05, 0) is 65.2 Å². The number of pyridine rings is 1. The molecule has 0 spiro atoms. The number of carbonyl (C=O) groups is 1. The highest BCUT2D eigenvalue weighted by Gasteiger charge is 2.27. The third kappa shape index (κ3) is 5.64. The number of amides is 1. The van der Waals surface area contributed by atoms with E-state index in [1.807, 2.05) is 18.3 Å². The Morgan fingerprint density at radius 3 is 2.45 bits per heavy atom. The molecule has 1 fully saturated rings. The number of anilines is 1. The van der Waals surface area contributed by atoms with E-state index in [0.717, 1.165) is 50.4 Å². The van der Waals surface area contributed by atoms with Gasteiger partial charge in [-0.3, -0.25) is 9.69 Å². The van der Waals surface area contributed by atoms with Crippen LogP contribution in [-0.4, -0.2) is 52.6 Å². The third-order valence-corrected chi connectivity index (χ3v) is 8.37. The van der Waals surface area contributed by atoms with E-state index in [1.165, 1.54) is 33.0 Å². The van der Waals surface area contributed by atoms with E-state index in [9.17, 15) is 4.79 Å². The molecule has 2 heterocycles. The second kappa shape index (κ2) is 12.6. The number of alkyl halides is 1. The molecule has 1 N–H and O–H groups in total. The number of carbonyl (C=O) groups excluding carboxylic acids is 1. The van der Waals surface area contributed by atoms with Crippen LogP contribution in [0.3, 0.4) is 0 Å². The van der Waals surface area contributed by atoms with Gasteiger partial charge in [-0.15, -0.1) is 24.8 Å². The molecular formula is C30H31Cl2IN4O. The Morgan fingerprint density at radius 1 is 0.895 bits per heavy atom. The lowest BCUT2D eigenvalue weighted by Gasteiger charge is -2.40. The van der Waals surface area contributed by atoms with Crippen LogP contribution in [0.4, 0.5) is 5.82 Å². The maximum absolute atomic E-state index is 12.7. The van der Waals surface area contributed by atoms with Crippen molar-refractivity contribution in [1.29, 1.82) is 0 Å². The molecule has 1 unspecified atom stereocenters. The maximum Gasteiger partial charge on any atom is 0.251 e. The van der Waals surface area contributed by atoms with Gasteiger partial charge in [-0.1, -0.05) is 77.2 Å². The summed E-state index contributed by atoms with van der Waals surface area (Å²) >= 11 is 2.55. The van der Waals surface area contributed by atoms with Gasteiger partial charge < -0.3 is 10.2 Å². The lowest BCUT2D eigenvalue weighted by Crippen LogP contribution is -2.51. The average Bonchev–Trinajstić information content (AvgIpc) is 2.91. The number of hydrogen-bond acceptors (Lipinski definition) is 4. The second-order valence-corrected chi connectivity index (χ2v) is 11.0. The van der Waals surface area contributed by atoms with E-state index < -0.39 is 0 Å². The minimum atomic E-state index is 0. The van der Waals surface area contributed by atoms with Crippen LogP contribution in [0.2, 0.25) is 0 Å². The highest BCUT2D eigenvalue weighted by atomic mass is 127. The minimum Gasteiger partial charge on any atom is -0.352 e. The number of hydrogen-bond donors (Lipinski definition) is 1. The predicted octanol–water partition coefficient (Wildman–Crippen LogP) is 6.82. The summed E-state index contributed by atoms with van der Waals surface area (Å²) in [6, 6.07) is 25.0. The van der Waals surface area contributed by atoms with Gasteiger partial charge in [0.2, 0.25) is 0 Å². The average molecular weight is 661 g/mol. The fourth-order valence-electron chi connectivity index (χ4n) is 5.36. The van der Waals surface area contributed by atoms with E-state index in [-0.39, 0.29) is 30.7 Å². The number of nitrogens with zero attached hydrogens (tertiary/aromatic N) is 3. The highest BCUT2D eigenvalue weighted by Crippen LogP contribution is 2.46. The number of piperazine rings is 1. The van der Waals surface area contributed by atoms with Crippen LogP contribution in [0.1, 0.15) is 23.2 Å². The van der Waals surface area contributed by atoms with Crippen molar-refractivity contribution in [3.05, 3.63) is 84.6 Å². The summed E-state index contributed by atoms with van der Waals surface area (Å²) < 4.78 is 0.384. The van der Waals surface area contributed by atoms with Gasteiger partial charge in [0.05, 0.1) is 4.05 Å². The van der Waals surface area contributed by atoms with E-state index in [1.54, 1.807) is 0 Å². The number of nitrogens with one attached hydrogen (secondary N) is 1. The van der Waals surface area contributed by atoms with Crippen molar-refractivity contribution in [1.82, 2.24) is 15.2 Å². The predicted molar refractivity (Wildman–Crippen MR) is 170 cm³/mol. The van der Waals surface area contributed by atoms with Crippen LogP contribution < -0.4 is 10.2 Å². The van der Waals surface area contributed by atoms with Crippen LogP contribution in [0, 0.1) is 0 Å². The first-order valence-corrected chi connectivity index (χ1v) is 13.9. The van der Waals surface area contributed by atoms with Gasteiger partial charge in [0.15, 0.2) is 0 Å². The summed E-state index contributed by atoms with van der Waals surface area (Å²) in [4.78, 5) is 22.4. The number of benzene rings is 3. The summed E-state index contributed by atoms with van der Waals surface area (Å²) in [5.74, 6) is 1.11. The molecule has 0 saturated carbocycles. The van der Waals surface area contributed by atoms with Crippen molar-refractivity contribution in [3.8, 4) is 22.3 Å². The van der Waals surface area contributed by atoms with Crippen molar-refractivity contribution in [2.24, 2.45) is 0 Å². The zero-order chi connectivity index (χ0) is 24.5. The molecule has 38 heavy (non-hydrogen) atoms. The van der Waals surface area contributed by atoms with Gasteiger partial charge in [0, 0.05) is 43.3 Å². The van der Waals surface area contributed by atoms with Gasteiger partial charge in [0.1, 0.15) is 5.82 Å². The molecule has 8 heteroatoms. The van der Waals surface area contributed by atoms with Crippen LogP contribution in [0.5, 0.6) is 0 Å². The fraction of sp³-hybridized carbons (Fsp3) is 0.267. The summed E-state index contributed by atoms with van der Waals surface area (Å²) in [6.45, 7) is 4.80. The van der Waals surface area contributed by atoms with Crippen molar-refractivity contribution in [2.45, 2.75) is 16.9 Å². The zero-order valence-electron chi connectivity index (χ0n) is 21.0. The summed E-state index contributed by atoms with van der Waals surface area (Å²) in [7, 11) is 0. The quantitative estimate of drug-likeness (QED) is 0.0901. The molecule has 6 rings (SSSR count). The Bertz CT molecular complexity index is 1430. The monoisotopic (exact) mass is 660 g/mol. The molecule has 1 aromatic heterocycles. The van der Waals surface area contributed by atoms with E-state index >= 15 is 0 Å². The van der Waals surface area contributed by atoms with Gasteiger partial charge in [0.25, 0.3) is 5.91 Å². The molecule has 1 atom stereocenters. The second-order valence-electron chi connectivity index (χ2n) is 9.55. The maximum atomic E-state index is 12.7. The van der Waals surface area contributed by atoms with Gasteiger partial charge >= 0.3 is 0 Å². The van der Waals surface area contributed by atoms with Crippen molar-refractivity contribution in [2.75, 3.05) is 37.6 Å².